The molecule has 0 saturated carbocycles. The van der Waals surface area contributed by atoms with Gasteiger partial charge in [-0.25, -0.2) is 14.8 Å². The van der Waals surface area contributed by atoms with Crippen molar-refractivity contribution in [2.24, 2.45) is 0 Å². The number of methoxy groups -OCH3 is 1. The largest absolute Gasteiger partial charge is 0.463 e. The van der Waals surface area contributed by atoms with Gasteiger partial charge in [0.25, 0.3) is 0 Å². The molecule has 6 heteroatoms. The average Bonchev–Trinajstić information content (AvgIpc) is 2.38. The topological polar surface area (TPSA) is 52.1 Å². The first-order valence-electron chi connectivity index (χ1n) is 5.00. The standard InChI is InChI=1S/C12H8Cl2N2O2/c1-18-12(17)11-15-9(13)8(10(14)16-11)7-5-3-2-4-6-7/h2-6H,1H3. The summed E-state index contributed by atoms with van der Waals surface area (Å²) in [4.78, 5) is 19.1. The maximum absolute atomic E-state index is 11.3. The van der Waals surface area contributed by atoms with E-state index in [0.717, 1.165) is 5.56 Å². The Morgan fingerprint density at radius 3 is 2.17 bits per heavy atom. The van der Waals surface area contributed by atoms with Crippen LogP contribution in [0, 0.1) is 0 Å². The van der Waals surface area contributed by atoms with Gasteiger partial charge in [0.1, 0.15) is 10.3 Å². The number of rotatable bonds is 2. The first-order valence-corrected chi connectivity index (χ1v) is 5.76. The van der Waals surface area contributed by atoms with E-state index in [0.29, 0.717) is 5.56 Å². The number of benzene rings is 1. The summed E-state index contributed by atoms with van der Waals surface area (Å²) in [5.74, 6) is -0.842. The lowest BCUT2D eigenvalue weighted by Crippen LogP contribution is -2.08. The Morgan fingerprint density at radius 1 is 1.11 bits per heavy atom. The van der Waals surface area contributed by atoms with Crippen LogP contribution in [0.2, 0.25) is 10.3 Å². The van der Waals surface area contributed by atoms with Crippen LogP contribution in [0.3, 0.4) is 0 Å². The van der Waals surface area contributed by atoms with Gasteiger partial charge >= 0.3 is 5.97 Å². The molecule has 0 spiro atoms. The minimum Gasteiger partial charge on any atom is -0.463 e. The normalized spacial score (nSPS) is 10.2. The summed E-state index contributed by atoms with van der Waals surface area (Å²) in [5.41, 5.74) is 1.27. The number of halogens is 2. The quantitative estimate of drug-likeness (QED) is 0.627. The van der Waals surface area contributed by atoms with Crippen molar-refractivity contribution < 1.29 is 9.53 Å². The van der Waals surface area contributed by atoms with Crippen molar-refractivity contribution >= 4 is 29.2 Å². The van der Waals surface area contributed by atoms with Gasteiger partial charge in [0, 0.05) is 0 Å². The molecule has 0 atom stereocenters. The molecule has 1 aromatic heterocycles. The van der Waals surface area contributed by atoms with E-state index in [2.05, 4.69) is 14.7 Å². The molecule has 0 N–H and O–H groups in total. The Balaban J connectivity index is 2.55. The summed E-state index contributed by atoms with van der Waals surface area (Å²) in [6.07, 6.45) is 0. The molecule has 0 radical (unpaired) electrons. The van der Waals surface area contributed by atoms with Gasteiger partial charge in [-0.2, -0.15) is 0 Å². The molecule has 1 aromatic carbocycles. The summed E-state index contributed by atoms with van der Waals surface area (Å²) >= 11 is 12.1. The predicted octanol–water partition coefficient (Wildman–Crippen LogP) is 3.24. The van der Waals surface area contributed by atoms with Crippen LogP contribution >= 0.6 is 23.2 Å². The van der Waals surface area contributed by atoms with Crippen molar-refractivity contribution in [3.05, 3.63) is 46.5 Å². The van der Waals surface area contributed by atoms with Gasteiger partial charge in [-0.1, -0.05) is 53.5 Å². The Bertz CT molecular complexity index is 565. The molecule has 18 heavy (non-hydrogen) atoms. The van der Waals surface area contributed by atoms with Crippen LogP contribution in [-0.4, -0.2) is 23.0 Å². The summed E-state index contributed by atoms with van der Waals surface area (Å²) in [7, 11) is 1.23. The number of aromatic nitrogens is 2. The molecule has 0 aliphatic heterocycles. The van der Waals surface area contributed by atoms with E-state index in [1.54, 1.807) is 0 Å². The number of carbonyl (C=O) groups excluding carboxylic acids is 1. The van der Waals surface area contributed by atoms with Crippen molar-refractivity contribution in [2.75, 3.05) is 7.11 Å². The van der Waals surface area contributed by atoms with E-state index < -0.39 is 5.97 Å². The molecule has 92 valence electrons. The second-order valence-electron chi connectivity index (χ2n) is 3.36. The third-order valence-electron chi connectivity index (χ3n) is 2.25. The molecule has 4 nitrogen and oxygen atoms in total. The minimum atomic E-state index is -0.682. The fraction of sp³-hybridized carbons (Fsp3) is 0.0833. The predicted molar refractivity (Wildman–Crippen MR) is 68.8 cm³/mol. The first-order chi connectivity index (χ1) is 8.63. The van der Waals surface area contributed by atoms with Crippen molar-refractivity contribution in [2.45, 2.75) is 0 Å². The monoisotopic (exact) mass is 282 g/mol. The van der Waals surface area contributed by atoms with Crippen molar-refractivity contribution in [1.29, 1.82) is 0 Å². The van der Waals surface area contributed by atoms with Crippen LogP contribution in [0.15, 0.2) is 30.3 Å². The third kappa shape index (κ3) is 2.44. The van der Waals surface area contributed by atoms with E-state index in [1.807, 2.05) is 30.3 Å². The van der Waals surface area contributed by atoms with Gasteiger partial charge in [-0.05, 0) is 5.56 Å². The van der Waals surface area contributed by atoms with Crippen molar-refractivity contribution in [1.82, 2.24) is 9.97 Å². The zero-order chi connectivity index (χ0) is 13.1. The fourth-order valence-corrected chi connectivity index (χ4v) is 2.04. The van der Waals surface area contributed by atoms with Crippen LogP contribution < -0.4 is 0 Å². The second kappa shape index (κ2) is 5.33. The maximum atomic E-state index is 11.3. The molecule has 0 unspecified atom stereocenters. The van der Waals surface area contributed by atoms with Gasteiger partial charge in [0.15, 0.2) is 0 Å². The lowest BCUT2D eigenvalue weighted by molar-refractivity contribution is 0.0586. The number of esters is 1. The van der Waals surface area contributed by atoms with E-state index in [4.69, 9.17) is 23.2 Å². The van der Waals surface area contributed by atoms with E-state index >= 15 is 0 Å². The SMILES string of the molecule is COC(=O)c1nc(Cl)c(-c2ccccc2)c(Cl)n1. The Labute approximate surface area is 114 Å². The highest BCUT2D eigenvalue weighted by Gasteiger charge is 2.17. The molecule has 1 heterocycles. The van der Waals surface area contributed by atoms with Crippen LogP contribution in [-0.2, 0) is 4.74 Å². The van der Waals surface area contributed by atoms with Crippen molar-refractivity contribution in [3.63, 3.8) is 0 Å². The zero-order valence-electron chi connectivity index (χ0n) is 9.35. The fourth-order valence-electron chi connectivity index (χ4n) is 1.43. The number of hydrogen-bond donors (Lipinski definition) is 0. The highest BCUT2D eigenvalue weighted by atomic mass is 35.5. The minimum absolute atomic E-state index is 0.113. The van der Waals surface area contributed by atoms with Crippen LogP contribution in [0.25, 0.3) is 11.1 Å². The summed E-state index contributed by atoms with van der Waals surface area (Å²) in [5, 5.41) is 0.225. The van der Waals surface area contributed by atoms with Gasteiger partial charge in [-0.3, -0.25) is 0 Å². The molecule has 2 rings (SSSR count). The van der Waals surface area contributed by atoms with Gasteiger partial charge in [-0.15, -0.1) is 0 Å². The second-order valence-corrected chi connectivity index (χ2v) is 4.08. The molecule has 2 aromatic rings. The Kier molecular flexibility index (Phi) is 3.79. The summed E-state index contributed by atoms with van der Waals surface area (Å²) < 4.78 is 4.51. The van der Waals surface area contributed by atoms with Crippen LogP contribution in [0.4, 0.5) is 0 Å². The molecule has 0 amide bonds. The summed E-state index contributed by atoms with van der Waals surface area (Å²) in [6.45, 7) is 0. The zero-order valence-corrected chi connectivity index (χ0v) is 10.9. The Morgan fingerprint density at radius 2 is 1.67 bits per heavy atom. The smallest absolute Gasteiger partial charge is 0.376 e. The molecule has 0 saturated heterocycles. The molecule has 0 fully saturated rings. The number of hydrogen-bond acceptors (Lipinski definition) is 4. The highest BCUT2D eigenvalue weighted by Crippen LogP contribution is 2.32. The Hall–Kier alpha value is -1.65. The van der Waals surface area contributed by atoms with Crippen LogP contribution in [0.1, 0.15) is 10.6 Å². The van der Waals surface area contributed by atoms with Gasteiger partial charge in [0.05, 0.1) is 12.7 Å². The van der Waals surface area contributed by atoms with E-state index in [9.17, 15) is 4.79 Å². The third-order valence-corrected chi connectivity index (χ3v) is 2.80. The number of nitrogens with zero attached hydrogens (tertiary/aromatic N) is 2. The summed E-state index contributed by atoms with van der Waals surface area (Å²) in [6, 6.07) is 9.21. The first kappa shape index (κ1) is 12.8. The molecular weight excluding hydrogens is 275 g/mol. The molecule has 0 bridgehead atoms. The molecule has 0 aliphatic carbocycles. The maximum Gasteiger partial charge on any atom is 0.376 e. The molecular formula is C12H8Cl2N2O2. The molecule has 0 aliphatic rings. The van der Waals surface area contributed by atoms with Gasteiger partial charge < -0.3 is 4.74 Å². The average molecular weight is 283 g/mol. The highest BCUT2D eigenvalue weighted by molar-refractivity contribution is 6.37. The van der Waals surface area contributed by atoms with Crippen LogP contribution in [0.5, 0.6) is 0 Å². The van der Waals surface area contributed by atoms with E-state index in [1.165, 1.54) is 7.11 Å². The van der Waals surface area contributed by atoms with E-state index in [-0.39, 0.29) is 16.1 Å². The van der Waals surface area contributed by atoms with Crippen molar-refractivity contribution in [3.8, 4) is 11.1 Å². The van der Waals surface area contributed by atoms with Gasteiger partial charge in [0.2, 0.25) is 5.82 Å². The number of carbonyl (C=O) groups is 1. The lowest BCUT2D eigenvalue weighted by Gasteiger charge is -2.07. The number of ether oxygens (including phenoxy) is 1. The lowest BCUT2D eigenvalue weighted by atomic mass is 10.1.